The van der Waals surface area contributed by atoms with Crippen molar-refractivity contribution in [1.82, 2.24) is 18.9 Å². The normalized spacial score (nSPS) is 11.9. The lowest BCUT2D eigenvalue weighted by Gasteiger charge is -2.13. The van der Waals surface area contributed by atoms with E-state index in [2.05, 4.69) is 10.6 Å². The highest BCUT2D eigenvalue weighted by atomic mass is 32.2. The number of fused-ring (bicyclic) bond motifs is 1. The molecule has 0 bridgehead atoms. The number of ether oxygens (including phenoxy) is 2. The zero-order valence-corrected chi connectivity index (χ0v) is 23.4. The minimum Gasteiger partial charge on any atom is -0.493 e. The Balaban J connectivity index is 1.76. The monoisotopic (exact) mass is 562 g/mol. The van der Waals surface area contributed by atoms with Crippen LogP contribution in [-0.4, -0.2) is 56.8 Å². The molecule has 0 saturated heterocycles. The molecule has 4 rings (SSSR count). The summed E-state index contributed by atoms with van der Waals surface area (Å²) in [6.07, 6.45) is 2.88. The van der Waals surface area contributed by atoms with E-state index in [0.29, 0.717) is 28.0 Å². The van der Waals surface area contributed by atoms with Gasteiger partial charge in [-0.05, 0) is 35.9 Å². The molecule has 2 amide bonds. The smallest absolute Gasteiger partial charge is 0.307 e. The van der Waals surface area contributed by atoms with Crippen LogP contribution in [0.25, 0.3) is 17.0 Å². The average Bonchev–Trinajstić information content (AvgIpc) is 3.34. The summed E-state index contributed by atoms with van der Waals surface area (Å²) >= 11 is 0. The zero-order valence-electron chi connectivity index (χ0n) is 22.5. The standard InChI is InChI=1S/C29H30N4O6S/c1-32(2)40(36,37)33-19-22(23-12-8-9-13-25(23)33)16-24(29(35)30-18-20-10-6-5-7-11-20)31-28(34)21-14-15-26(38-3)27(17-21)39-4/h5-17,19H,18H2,1-4H3,(H,30,35)(H,31,34). The Hall–Kier alpha value is -4.61. The molecule has 0 aliphatic heterocycles. The van der Waals surface area contributed by atoms with Gasteiger partial charge in [-0.2, -0.15) is 12.7 Å². The van der Waals surface area contributed by atoms with Crippen LogP contribution >= 0.6 is 0 Å². The molecule has 40 heavy (non-hydrogen) atoms. The maximum Gasteiger partial charge on any atom is 0.307 e. The molecule has 0 aliphatic rings. The minimum absolute atomic E-state index is 0.0686. The number of carbonyl (C=O) groups is 2. The summed E-state index contributed by atoms with van der Waals surface area (Å²) in [6, 6.07) is 20.9. The topological polar surface area (TPSA) is 119 Å². The second-order valence-corrected chi connectivity index (χ2v) is 11.0. The fourth-order valence-corrected chi connectivity index (χ4v) is 5.02. The fraction of sp³-hybridized carbons (Fsp3) is 0.172. The Morgan fingerprint density at radius 1 is 0.925 bits per heavy atom. The van der Waals surface area contributed by atoms with E-state index in [9.17, 15) is 18.0 Å². The molecule has 0 fully saturated rings. The first-order chi connectivity index (χ1) is 19.1. The molecule has 0 aliphatic carbocycles. The number of methoxy groups -OCH3 is 2. The second-order valence-electron chi connectivity index (χ2n) is 8.94. The minimum atomic E-state index is -3.86. The van der Waals surface area contributed by atoms with E-state index in [-0.39, 0.29) is 17.8 Å². The molecular formula is C29H30N4O6S. The van der Waals surface area contributed by atoms with Crippen LogP contribution in [0.3, 0.4) is 0 Å². The van der Waals surface area contributed by atoms with Crippen molar-refractivity contribution in [2.75, 3.05) is 28.3 Å². The van der Waals surface area contributed by atoms with Gasteiger partial charge in [0.15, 0.2) is 11.5 Å². The first kappa shape index (κ1) is 28.4. The molecule has 0 spiro atoms. The Kier molecular flexibility index (Phi) is 8.56. The third-order valence-corrected chi connectivity index (χ3v) is 7.88. The van der Waals surface area contributed by atoms with Crippen molar-refractivity contribution in [3.63, 3.8) is 0 Å². The molecule has 2 N–H and O–H groups in total. The molecule has 0 unspecified atom stereocenters. The molecule has 11 heteroatoms. The fourth-order valence-electron chi connectivity index (χ4n) is 4.02. The van der Waals surface area contributed by atoms with E-state index in [1.54, 1.807) is 36.4 Å². The van der Waals surface area contributed by atoms with Crippen molar-refractivity contribution >= 4 is 39.0 Å². The Labute approximate surface area is 233 Å². The predicted molar refractivity (Wildman–Crippen MR) is 153 cm³/mol. The Morgan fingerprint density at radius 2 is 1.60 bits per heavy atom. The van der Waals surface area contributed by atoms with E-state index in [4.69, 9.17) is 9.47 Å². The van der Waals surface area contributed by atoms with Gasteiger partial charge in [-0.1, -0.05) is 48.5 Å². The number of nitrogens with zero attached hydrogens (tertiary/aromatic N) is 2. The quantitative estimate of drug-likeness (QED) is 0.286. The lowest BCUT2D eigenvalue weighted by atomic mass is 10.1. The summed E-state index contributed by atoms with van der Waals surface area (Å²) in [5.41, 5.74) is 1.89. The third-order valence-electron chi connectivity index (χ3n) is 6.15. The highest BCUT2D eigenvalue weighted by Crippen LogP contribution is 2.28. The van der Waals surface area contributed by atoms with Crippen LogP contribution in [0.5, 0.6) is 11.5 Å². The van der Waals surface area contributed by atoms with Gasteiger partial charge in [0.05, 0.1) is 19.7 Å². The highest BCUT2D eigenvalue weighted by molar-refractivity contribution is 7.87. The van der Waals surface area contributed by atoms with E-state index >= 15 is 0 Å². The average molecular weight is 563 g/mol. The Morgan fingerprint density at radius 3 is 2.27 bits per heavy atom. The van der Waals surface area contributed by atoms with Gasteiger partial charge in [0.25, 0.3) is 11.8 Å². The molecule has 4 aromatic rings. The summed E-state index contributed by atoms with van der Waals surface area (Å²) in [4.78, 5) is 26.7. The van der Waals surface area contributed by atoms with Gasteiger partial charge < -0.3 is 20.1 Å². The van der Waals surface area contributed by atoms with E-state index in [1.165, 1.54) is 46.7 Å². The van der Waals surface area contributed by atoms with Crippen molar-refractivity contribution in [1.29, 1.82) is 0 Å². The van der Waals surface area contributed by atoms with Crippen molar-refractivity contribution in [2.24, 2.45) is 0 Å². The summed E-state index contributed by atoms with van der Waals surface area (Å²) in [5.74, 6) is -0.312. The van der Waals surface area contributed by atoms with Crippen LogP contribution in [-0.2, 0) is 21.5 Å². The summed E-state index contributed by atoms with van der Waals surface area (Å²) < 4.78 is 38.8. The molecule has 208 valence electrons. The molecule has 1 heterocycles. The van der Waals surface area contributed by atoms with Crippen LogP contribution in [0.15, 0.2) is 84.7 Å². The molecule has 1 aromatic heterocycles. The van der Waals surface area contributed by atoms with Crippen LogP contribution in [0.1, 0.15) is 21.5 Å². The van der Waals surface area contributed by atoms with Crippen LogP contribution < -0.4 is 20.1 Å². The number of para-hydroxylation sites is 1. The van der Waals surface area contributed by atoms with Gasteiger partial charge in [0.1, 0.15) is 5.70 Å². The number of aromatic nitrogens is 1. The molecule has 0 radical (unpaired) electrons. The van der Waals surface area contributed by atoms with Crippen molar-refractivity contribution in [2.45, 2.75) is 6.54 Å². The van der Waals surface area contributed by atoms with Crippen LogP contribution in [0.4, 0.5) is 0 Å². The number of benzene rings is 3. The number of amides is 2. The molecule has 3 aromatic carbocycles. The van der Waals surface area contributed by atoms with E-state index < -0.39 is 22.0 Å². The van der Waals surface area contributed by atoms with Gasteiger partial charge in [-0.3, -0.25) is 9.59 Å². The van der Waals surface area contributed by atoms with Crippen molar-refractivity contribution in [3.8, 4) is 11.5 Å². The Bertz CT molecular complexity index is 1680. The lowest BCUT2D eigenvalue weighted by molar-refractivity contribution is -0.117. The molecule has 0 saturated carbocycles. The molecule has 0 atom stereocenters. The maximum atomic E-state index is 13.4. The van der Waals surface area contributed by atoms with Gasteiger partial charge >= 0.3 is 10.2 Å². The molecule has 10 nitrogen and oxygen atoms in total. The number of hydrogen-bond donors (Lipinski definition) is 2. The third kappa shape index (κ3) is 6.00. The van der Waals surface area contributed by atoms with Gasteiger partial charge in [0.2, 0.25) is 0 Å². The number of rotatable bonds is 10. The highest BCUT2D eigenvalue weighted by Gasteiger charge is 2.22. The van der Waals surface area contributed by atoms with Gasteiger partial charge in [-0.25, -0.2) is 3.97 Å². The number of nitrogens with one attached hydrogen (secondary N) is 2. The zero-order chi connectivity index (χ0) is 28.9. The summed E-state index contributed by atoms with van der Waals surface area (Å²) in [7, 11) is 1.96. The second kappa shape index (κ2) is 12.1. The van der Waals surface area contributed by atoms with Crippen LogP contribution in [0.2, 0.25) is 0 Å². The number of carbonyl (C=O) groups excluding carboxylic acids is 2. The summed E-state index contributed by atoms with van der Waals surface area (Å²) in [5, 5.41) is 6.09. The van der Waals surface area contributed by atoms with Crippen molar-refractivity contribution in [3.05, 3.63) is 101 Å². The number of hydrogen-bond acceptors (Lipinski definition) is 6. The van der Waals surface area contributed by atoms with Gasteiger partial charge in [0, 0.05) is 43.4 Å². The van der Waals surface area contributed by atoms with Crippen LogP contribution in [0, 0.1) is 0 Å². The molecular weight excluding hydrogens is 532 g/mol. The summed E-state index contributed by atoms with van der Waals surface area (Å²) in [6.45, 7) is 0.222. The first-order valence-corrected chi connectivity index (χ1v) is 13.7. The first-order valence-electron chi connectivity index (χ1n) is 12.3. The largest absolute Gasteiger partial charge is 0.493 e. The van der Waals surface area contributed by atoms with Crippen molar-refractivity contribution < 1.29 is 27.5 Å². The van der Waals surface area contributed by atoms with E-state index in [0.717, 1.165) is 13.8 Å². The SMILES string of the molecule is COc1ccc(C(=O)NC(=Cc2cn(S(=O)(=O)N(C)C)c3ccccc23)C(=O)NCc2ccccc2)cc1OC. The van der Waals surface area contributed by atoms with E-state index in [1.807, 2.05) is 30.3 Å². The predicted octanol–water partition coefficient (Wildman–Crippen LogP) is 3.40. The lowest BCUT2D eigenvalue weighted by Crippen LogP contribution is -2.34. The van der Waals surface area contributed by atoms with Gasteiger partial charge in [-0.15, -0.1) is 0 Å². The maximum absolute atomic E-state index is 13.4.